The molecule has 0 aromatic rings. The van der Waals surface area contributed by atoms with E-state index in [4.69, 9.17) is 0 Å². The molecule has 0 rings (SSSR count). The molecule has 0 aliphatic carbocycles. The number of hydrogen-bond donors (Lipinski definition) is 2. The molecule has 0 aromatic carbocycles. The van der Waals surface area contributed by atoms with Crippen LogP contribution in [0.2, 0.25) is 0 Å². The summed E-state index contributed by atoms with van der Waals surface area (Å²) in [7, 11) is 0. The molecule has 0 aliphatic rings. The molecule has 0 aromatic heterocycles. The van der Waals surface area contributed by atoms with E-state index in [2.05, 4.69) is 38.3 Å². The van der Waals surface area contributed by atoms with Crippen LogP contribution in [0, 0.1) is 11.8 Å². The minimum atomic E-state index is 0.106. The highest BCUT2D eigenvalue weighted by Gasteiger charge is 2.15. The summed E-state index contributed by atoms with van der Waals surface area (Å²) in [6, 6.07) is 0.481. The average Bonchev–Trinajstić information content (AvgIpc) is 2.10. The fourth-order valence-corrected chi connectivity index (χ4v) is 1.01. The summed E-state index contributed by atoms with van der Waals surface area (Å²) in [5, 5.41) is 6.17. The molecule has 3 heteroatoms. The first-order valence-electron chi connectivity index (χ1n) is 5.46. The fourth-order valence-electron chi connectivity index (χ4n) is 1.01. The Balaban J connectivity index is 3.54. The monoisotopic (exact) mass is 200 g/mol. The Hall–Kier alpha value is -0.570. The molecular weight excluding hydrogens is 176 g/mol. The van der Waals surface area contributed by atoms with Crippen molar-refractivity contribution < 1.29 is 4.79 Å². The Labute approximate surface area is 87.6 Å². The van der Waals surface area contributed by atoms with Crippen LogP contribution in [0.1, 0.15) is 34.6 Å². The number of rotatable bonds is 6. The molecule has 84 valence electrons. The fraction of sp³-hybridized carbons (Fsp3) is 0.909. The van der Waals surface area contributed by atoms with Gasteiger partial charge in [0.05, 0.1) is 0 Å². The molecule has 0 fully saturated rings. The van der Waals surface area contributed by atoms with E-state index in [0.717, 1.165) is 6.54 Å². The van der Waals surface area contributed by atoms with Crippen molar-refractivity contribution in [2.45, 2.75) is 40.7 Å². The zero-order chi connectivity index (χ0) is 11.1. The van der Waals surface area contributed by atoms with E-state index in [1.165, 1.54) is 0 Å². The Kier molecular flexibility index (Phi) is 6.54. The average molecular weight is 200 g/mol. The van der Waals surface area contributed by atoms with E-state index < -0.39 is 0 Å². The van der Waals surface area contributed by atoms with Crippen molar-refractivity contribution in [3.8, 4) is 0 Å². The third-order valence-electron chi connectivity index (χ3n) is 2.39. The standard InChI is InChI=1S/C11H24N2O/c1-8(2)10(5)11(14)13-7-6-12-9(3)4/h8-10,12H,6-7H2,1-5H3,(H,13,14)/t10-/m0/s1. The van der Waals surface area contributed by atoms with E-state index in [0.29, 0.717) is 18.5 Å². The molecule has 0 unspecified atom stereocenters. The SMILES string of the molecule is CC(C)NCCNC(=O)[C@@H](C)C(C)C. The molecule has 0 radical (unpaired) electrons. The van der Waals surface area contributed by atoms with Crippen LogP contribution in [0.4, 0.5) is 0 Å². The van der Waals surface area contributed by atoms with Gasteiger partial charge >= 0.3 is 0 Å². The smallest absolute Gasteiger partial charge is 0.223 e. The number of hydrogen-bond acceptors (Lipinski definition) is 2. The normalized spacial score (nSPS) is 13.4. The van der Waals surface area contributed by atoms with Crippen LogP contribution in [0.5, 0.6) is 0 Å². The zero-order valence-corrected chi connectivity index (χ0v) is 10.1. The van der Waals surface area contributed by atoms with Crippen LogP contribution in [0.25, 0.3) is 0 Å². The first kappa shape index (κ1) is 13.4. The molecule has 0 bridgehead atoms. The lowest BCUT2D eigenvalue weighted by atomic mass is 9.97. The molecule has 0 saturated heterocycles. The van der Waals surface area contributed by atoms with E-state index in [-0.39, 0.29) is 11.8 Å². The van der Waals surface area contributed by atoms with Gasteiger partial charge in [-0.2, -0.15) is 0 Å². The van der Waals surface area contributed by atoms with E-state index in [1.54, 1.807) is 0 Å². The lowest BCUT2D eigenvalue weighted by Gasteiger charge is -2.15. The Morgan fingerprint density at radius 3 is 2.07 bits per heavy atom. The van der Waals surface area contributed by atoms with Crippen LogP contribution in [-0.4, -0.2) is 25.0 Å². The van der Waals surface area contributed by atoms with Gasteiger partial charge in [-0.25, -0.2) is 0 Å². The third-order valence-corrected chi connectivity index (χ3v) is 2.39. The molecule has 0 spiro atoms. The molecule has 0 saturated carbocycles. The van der Waals surface area contributed by atoms with Crippen LogP contribution < -0.4 is 10.6 Å². The predicted octanol–water partition coefficient (Wildman–Crippen LogP) is 1.39. The molecule has 3 nitrogen and oxygen atoms in total. The van der Waals surface area contributed by atoms with Crippen LogP contribution in [-0.2, 0) is 4.79 Å². The highest BCUT2D eigenvalue weighted by molar-refractivity contribution is 5.78. The lowest BCUT2D eigenvalue weighted by molar-refractivity contribution is -0.125. The van der Waals surface area contributed by atoms with Crippen molar-refractivity contribution in [1.82, 2.24) is 10.6 Å². The lowest BCUT2D eigenvalue weighted by Crippen LogP contribution is -2.38. The minimum Gasteiger partial charge on any atom is -0.355 e. The van der Waals surface area contributed by atoms with Gasteiger partial charge in [0.15, 0.2) is 0 Å². The molecule has 0 aliphatic heterocycles. The third kappa shape index (κ3) is 5.97. The largest absolute Gasteiger partial charge is 0.355 e. The second-order valence-corrected chi connectivity index (χ2v) is 4.43. The maximum absolute atomic E-state index is 11.5. The molecule has 2 N–H and O–H groups in total. The first-order chi connectivity index (χ1) is 6.45. The Morgan fingerprint density at radius 1 is 1.07 bits per heavy atom. The van der Waals surface area contributed by atoms with Crippen molar-refractivity contribution in [2.75, 3.05) is 13.1 Å². The number of amides is 1. The Morgan fingerprint density at radius 2 is 1.64 bits per heavy atom. The second kappa shape index (κ2) is 6.82. The summed E-state index contributed by atoms with van der Waals surface area (Å²) in [5.74, 6) is 0.674. The predicted molar refractivity (Wildman–Crippen MR) is 60.2 cm³/mol. The van der Waals surface area contributed by atoms with Gasteiger partial charge in [-0.05, 0) is 5.92 Å². The summed E-state index contributed by atoms with van der Waals surface area (Å²) in [5.41, 5.74) is 0. The van der Waals surface area contributed by atoms with Crippen LogP contribution in [0.3, 0.4) is 0 Å². The highest BCUT2D eigenvalue weighted by atomic mass is 16.1. The number of carbonyl (C=O) groups excluding carboxylic acids is 1. The quantitative estimate of drug-likeness (QED) is 0.636. The summed E-state index contributed by atoms with van der Waals surface area (Å²) >= 11 is 0. The maximum Gasteiger partial charge on any atom is 0.223 e. The van der Waals surface area contributed by atoms with Gasteiger partial charge in [0.25, 0.3) is 0 Å². The number of carbonyl (C=O) groups is 1. The molecular formula is C11H24N2O. The van der Waals surface area contributed by atoms with Gasteiger partial charge in [0.2, 0.25) is 5.91 Å². The van der Waals surface area contributed by atoms with E-state index in [1.807, 2.05) is 6.92 Å². The summed E-state index contributed by atoms with van der Waals surface area (Å²) in [4.78, 5) is 11.5. The zero-order valence-electron chi connectivity index (χ0n) is 10.1. The van der Waals surface area contributed by atoms with Crippen molar-refractivity contribution >= 4 is 5.91 Å². The molecule has 1 amide bonds. The van der Waals surface area contributed by atoms with E-state index in [9.17, 15) is 4.79 Å². The summed E-state index contributed by atoms with van der Waals surface area (Å²) < 4.78 is 0. The van der Waals surface area contributed by atoms with Gasteiger partial charge in [0, 0.05) is 25.0 Å². The second-order valence-electron chi connectivity index (χ2n) is 4.43. The van der Waals surface area contributed by atoms with Crippen LogP contribution >= 0.6 is 0 Å². The first-order valence-corrected chi connectivity index (χ1v) is 5.46. The van der Waals surface area contributed by atoms with Gasteiger partial charge in [-0.3, -0.25) is 4.79 Å². The van der Waals surface area contributed by atoms with Gasteiger partial charge in [-0.15, -0.1) is 0 Å². The maximum atomic E-state index is 11.5. The van der Waals surface area contributed by atoms with Crippen molar-refractivity contribution in [2.24, 2.45) is 11.8 Å². The van der Waals surface area contributed by atoms with Crippen molar-refractivity contribution in [3.05, 3.63) is 0 Å². The topological polar surface area (TPSA) is 41.1 Å². The Bertz CT molecular complexity index is 167. The highest BCUT2D eigenvalue weighted by Crippen LogP contribution is 2.08. The van der Waals surface area contributed by atoms with Gasteiger partial charge in [-0.1, -0.05) is 34.6 Å². The molecule has 1 atom stereocenters. The summed E-state index contributed by atoms with van der Waals surface area (Å²) in [6.07, 6.45) is 0. The minimum absolute atomic E-state index is 0.106. The van der Waals surface area contributed by atoms with E-state index >= 15 is 0 Å². The van der Waals surface area contributed by atoms with Gasteiger partial charge in [0.1, 0.15) is 0 Å². The number of nitrogens with one attached hydrogen (secondary N) is 2. The molecule has 0 heterocycles. The van der Waals surface area contributed by atoms with Gasteiger partial charge < -0.3 is 10.6 Å². The van der Waals surface area contributed by atoms with Crippen molar-refractivity contribution in [3.63, 3.8) is 0 Å². The molecule has 14 heavy (non-hydrogen) atoms. The van der Waals surface area contributed by atoms with Crippen LogP contribution in [0.15, 0.2) is 0 Å². The summed E-state index contributed by atoms with van der Waals surface area (Å²) in [6.45, 7) is 11.8. The van der Waals surface area contributed by atoms with Crippen molar-refractivity contribution in [1.29, 1.82) is 0 Å².